The van der Waals surface area contributed by atoms with Crippen molar-refractivity contribution < 1.29 is 13.2 Å². The van der Waals surface area contributed by atoms with E-state index in [0.717, 1.165) is 44.4 Å². The van der Waals surface area contributed by atoms with Gasteiger partial charge in [0.15, 0.2) is 0 Å². The molecule has 1 amide bonds. The second kappa shape index (κ2) is 7.46. The first-order chi connectivity index (χ1) is 11.9. The van der Waals surface area contributed by atoms with E-state index in [0.29, 0.717) is 18.7 Å². The lowest BCUT2D eigenvalue weighted by Crippen LogP contribution is -2.39. The van der Waals surface area contributed by atoms with E-state index in [4.69, 9.17) is 0 Å². The Morgan fingerprint density at radius 3 is 2.40 bits per heavy atom. The van der Waals surface area contributed by atoms with Gasteiger partial charge in [-0.05, 0) is 62.6 Å². The fraction of sp³-hybridized carbons (Fsp3) is 0.632. The molecule has 1 aliphatic heterocycles. The molecule has 1 aromatic rings. The summed E-state index contributed by atoms with van der Waals surface area (Å²) in [6, 6.07) is 6.77. The standard InChI is InChI=1S/C19H28N2O3S/c1-15-8-10-17(11-9-15)20(2)19(22)16-6-5-7-18(14-16)25(23,24)21-12-3-4-13-21/h5-7,14-15,17H,3-4,8-13H2,1-2H3. The van der Waals surface area contributed by atoms with Gasteiger partial charge in [-0.3, -0.25) is 4.79 Å². The van der Waals surface area contributed by atoms with Crippen LogP contribution in [0.2, 0.25) is 0 Å². The summed E-state index contributed by atoms with van der Waals surface area (Å²) in [4.78, 5) is 14.9. The van der Waals surface area contributed by atoms with Crippen molar-refractivity contribution in [2.24, 2.45) is 5.92 Å². The van der Waals surface area contributed by atoms with Gasteiger partial charge in [0.25, 0.3) is 5.91 Å². The van der Waals surface area contributed by atoms with Crippen molar-refractivity contribution in [2.45, 2.75) is 56.4 Å². The van der Waals surface area contributed by atoms with Gasteiger partial charge in [-0.15, -0.1) is 0 Å². The van der Waals surface area contributed by atoms with Crippen LogP contribution in [0.5, 0.6) is 0 Å². The van der Waals surface area contributed by atoms with Crippen molar-refractivity contribution in [3.8, 4) is 0 Å². The minimum Gasteiger partial charge on any atom is -0.339 e. The molecule has 0 radical (unpaired) electrons. The third kappa shape index (κ3) is 3.90. The van der Waals surface area contributed by atoms with Gasteiger partial charge >= 0.3 is 0 Å². The number of nitrogens with zero attached hydrogens (tertiary/aromatic N) is 2. The Labute approximate surface area is 151 Å². The van der Waals surface area contributed by atoms with Crippen LogP contribution in [0.15, 0.2) is 29.2 Å². The highest BCUT2D eigenvalue weighted by Crippen LogP contribution is 2.28. The number of rotatable bonds is 4. The molecular formula is C19H28N2O3S. The summed E-state index contributed by atoms with van der Waals surface area (Å²) >= 11 is 0. The van der Waals surface area contributed by atoms with Gasteiger partial charge in [0, 0.05) is 31.7 Å². The van der Waals surface area contributed by atoms with E-state index >= 15 is 0 Å². The van der Waals surface area contributed by atoms with Crippen LogP contribution in [0, 0.1) is 5.92 Å². The van der Waals surface area contributed by atoms with Crippen LogP contribution < -0.4 is 0 Å². The van der Waals surface area contributed by atoms with Crippen molar-refractivity contribution in [1.29, 1.82) is 0 Å². The number of sulfonamides is 1. The van der Waals surface area contributed by atoms with Crippen LogP contribution in [0.1, 0.15) is 55.8 Å². The highest BCUT2D eigenvalue weighted by molar-refractivity contribution is 7.89. The van der Waals surface area contributed by atoms with Gasteiger partial charge in [-0.2, -0.15) is 4.31 Å². The predicted molar refractivity (Wildman–Crippen MR) is 97.9 cm³/mol. The van der Waals surface area contributed by atoms with Crippen molar-refractivity contribution >= 4 is 15.9 Å². The second-order valence-corrected chi connectivity index (χ2v) is 9.41. The Hall–Kier alpha value is -1.40. The molecule has 1 aromatic carbocycles. The minimum absolute atomic E-state index is 0.0852. The quantitative estimate of drug-likeness (QED) is 0.825. The lowest BCUT2D eigenvalue weighted by Gasteiger charge is -2.33. The van der Waals surface area contributed by atoms with E-state index in [9.17, 15) is 13.2 Å². The highest BCUT2D eigenvalue weighted by atomic mass is 32.2. The van der Waals surface area contributed by atoms with Crippen LogP contribution in [0.25, 0.3) is 0 Å². The van der Waals surface area contributed by atoms with Gasteiger partial charge in [-0.1, -0.05) is 13.0 Å². The van der Waals surface area contributed by atoms with Crippen LogP contribution >= 0.6 is 0 Å². The lowest BCUT2D eigenvalue weighted by molar-refractivity contribution is 0.0679. The van der Waals surface area contributed by atoms with Crippen molar-refractivity contribution in [3.63, 3.8) is 0 Å². The Bertz CT molecular complexity index is 718. The van der Waals surface area contributed by atoms with E-state index in [1.165, 1.54) is 10.4 Å². The number of benzene rings is 1. The third-order valence-electron chi connectivity index (χ3n) is 5.64. The molecule has 0 aromatic heterocycles. The summed E-state index contributed by atoms with van der Waals surface area (Å²) in [5, 5.41) is 0. The summed E-state index contributed by atoms with van der Waals surface area (Å²) in [6.45, 7) is 3.39. The van der Waals surface area contributed by atoms with Crippen molar-refractivity contribution in [1.82, 2.24) is 9.21 Å². The molecule has 0 spiro atoms. The van der Waals surface area contributed by atoms with Crippen LogP contribution in [0.4, 0.5) is 0 Å². The summed E-state index contributed by atoms with van der Waals surface area (Å²) in [7, 11) is -1.65. The molecule has 0 bridgehead atoms. The zero-order chi connectivity index (χ0) is 18.0. The number of carbonyl (C=O) groups is 1. The van der Waals surface area contributed by atoms with Crippen LogP contribution in [0.3, 0.4) is 0 Å². The average Bonchev–Trinajstić information content (AvgIpc) is 3.17. The molecule has 1 aliphatic carbocycles. The van der Waals surface area contributed by atoms with Gasteiger partial charge in [0.2, 0.25) is 10.0 Å². The average molecular weight is 365 g/mol. The molecule has 3 rings (SSSR count). The van der Waals surface area contributed by atoms with Crippen LogP contribution in [-0.2, 0) is 10.0 Å². The molecule has 0 atom stereocenters. The van der Waals surface area contributed by atoms with Crippen LogP contribution in [-0.4, -0.2) is 49.7 Å². The summed E-state index contributed by atoms with van der Waals surface area (Å²) in [5.74, 6) is 0.645. The van der Waals surface area contributed by atoms with Gasteiger partial charge in [-0.25, -0.2) is 8.42 Å². The molecule has 0 unspecified atom stereocenters. The predicted octanol–water partition coefficient (Wildman–Crippen LogP) is 3.12. The van der Waals surface area contributed by atoms with Crippen molar-refractivity contribution in [3.05, 3.63) is 29.8 Å². The maximum atomic E-state index is 12.8. The molecule has 2 fully saturated rings. The molecule has 5 nitrogen and oxygen atoms in total. The van der Waals surface area contributed by atoms with Gasteiger partial charge < -0.3 is 4.90 Å². The topological polar surface area (TPSA) is 57.7 Å². The first-order valence-electron chi connectivity index (χ1n) is 9.27. The summed E-state index contributed by atoms with van der Waals surface area (Å²) in [6.07, 6.45) is 6.14. The van der Waals surface area contributed by atoms with Gasteiger partial charge in [0.1, 0.15) is 0 Å². The molecule has 25 heavy (non-hydrogen) atoms. The van der Waals surface area contributed by atoms with Crippen molar-refractivity contribution in [2.75, 3.05) is 20.1 Å². The summed E-state index contributed by atoms with van der Waals surface area (Å²) < 4.78 is 27.0. The maximum absolute atomic E-state index is 12.8. The van der Waals surface area contributed by atoms with E-state index in [2.05, 4.69) is 6.92 Å². The largest absolute Gasteiger partial charge is 0.339 e. The molecule has 138 valence electrons. The molecule has 1 saturated carbocycles. The third-order valence-corrected chi connectivity index (χ3v) is 7.53. The number of carbonyl (C=O) groups excluding carboxylic acids is 1. The number of hydrogen-bond acceptors (Lipinski definition) is 3. The SMILES string of the molecule is CC1CCC(N(C)C(=O)c2cccc(S(=O)(=O)N3CCCC3)c2)CC1. The summed E-state index contributed by atoms with van der Waals surface area (Å²) in [5.41, 5.74) is 0.460. The van der Waals surface area contributed by atoms with E-state index in [-0.39, 0.29) is 16.8 Å². The Morgan fingerprint density at radius 2 is 1.76 bits per heavy atom. The fourth-order valence-electron chi connectivity index (χ4n) is 3.87. The smallest absolute Gasteiger partial charge is 0.253 e. The highest BCUT2D eigenvalue weighted by Gasteiger charge is 2.29. The maximum Gasteiger partial charge on any atom is 0.253 e. The molecule has 0 N–H and O–H groups in total. The normalized spacial score (nSPS) is 25.0. The van der Waals surface area contributed by atoms with Gasteiger partial charge in [0.05, 0.1) is 4.90 Å². The number of amides is 1. The lowest BCUT2D eigenvalue weighted by atomic mass is 9.86. The Kier molecular flexibility index (Phi) is 5.49. The first kappa shape index (κ1) is 18.4. The van der Waals surface area contributed by atoms with E-state index in [1.54, 1.807) is 23.1 Å². The second-order valence-electron chi connectivity index (χ2n) is 7.47. The first-order valence-corrected chi connectivity index (χ1v) is 10.7. The fourth-order valence-corrected chi connectivity index (χ4v) is 5.43. The van der Waals surface area contributed by atoms with E-state index < -0.39 is 10.0 Å². The molecular weight excluding hydrogens is 336 g/mol. The zero-order valence-electron chi connectivity index (χ0n) is 15.1. The molecule has 1 saturated heterocycles. The monoisotopic (exact) mass is 364 g/mol. The Morgan fingerprint density at radius 1 is 1.12 bits per heavy atom. The van der Waals surface area contributed by atoms with E-state index in [1.807, 2.05) is 7.05 Å². The number of hydrogen-bond donors (Lipinski definition) is 0. The zero-order valence-corrected chi connectivity index (χ0v) is 16.0. The molecule has 1 heterocycles. The Balaban J connectivity index is 1.77. The minimum atomic E-state index is -3.49. The molecule has 2 aliphatic rings. The molecule has 6 heteroatoms.